The zero-order valence-corrected chi connectivity index (χ0v) is 11.3. The van der Waals surface area contributed by atoms with E-state index >= 15 is 0 Å². The monoisotopic (exact) mass is 303 g/mol. The van der Waals surface area contributed by atoms with Crippen molar-refractivity contribution in [2.75, 3.05) is 7.11 Å². The molecule has 90 valence electrons. The van der Waals surface area contributed by atoms with Crippen molar-refractivity contribution in [1.82, 2.24) is 14.6 Å². The predicted molar refractivity (Wildman–Crippen MR) is 72.7 cm³/mol. The number of ether oxygens (including phenoxy) is 1. The molecule has 2 heterocycles. The first-order valence-electron chi connectivity index (χ1n) is 5.42. The number of halogens is 1. The molecule has 0 radical (unpaired) electrons. The highest BCUT2D eigenvalue weighted by molar-refractivity contribution is 9.10. The molecule has 3 rings (SSSR count). The maximum atomic E-state index is 5.14. The molecule has 4 nitrogen and oxygen atoms in total. The number of methoxy groups -OCH3 is 1. The highest BCUT2D eigenvalue weighted by atomic mass is 79.9. The summed E-state index contributed by atoms with van der Waals surface area (Å²) in [7, 11) is 1.65. The SMILES string of the molecule is COc1ccc(-c2nnc3ccc(Br)cn23)cc1. The Morgan fingerprint density at radius 2 is 1.83 bits per heavy atom. The number of hydrogen-bond donors (Lipinski definition) is 0. The Morgan fingerprint density at radius 3 is 2.56 bits per heavy atom. The van der Waals surface area contributed by atoms with Gasteiger partial charge in [0.2, 0.25) is 0 Å². The fraction of sp³-hybridized carbons (Fsp3) is 0.0769. The van der Waals surface area contributed by atoms with Gasteiger partial charge in [0.05, 0.1) is 7.11 Å². The van der Waals surface area contributed by atoms with E-state index in [2.05, 4.69) is 26.1 Å². The largest absolute Gasteiger partial charge is 0.497 e. The number of fused-ring (bicyclic) bond motifs is 1. The number of hydrogen-bond acceptors (Lipinski definition) is 3. The third-order valence-corrected chi connectivity index (χ3v) is 3.18. The van der Waals surface area contributed by atoms with Crippen LogP contribution in [0.5, 0.6) is 5.75 Å². The van der Waals surface area contributed by atoms with Gasteiger partial charge in [0.15, 0.2) is 11.5 Å². The molecule has 3 aromatic rings. The molecule has 0 amide bonds. The van der Waals surface area contributed by atoms with Crippen LogP contribution in [0.15, 0.2) is 47.1 Å². The van der Waals surface area contributed by atoms with Crippen LogP contribution in [0.3, 0.4) is 0 Å². The summed E-state index contributed by atoms with van der Waals surface area (Å²) in [5, 5.41) is 8.35. The summed E-state index contributed by atoms with van der Waals surface area (Å²) in [6.45, 7) is 0. The number of benzene rings is 1. The molecular weight excluding hydrogens is 294 g/mol. The van der Waals surface area contributed by atoms with Crippen molar-refractivity contribution in [3.05, 3.63) is 47.1 Å². The maximum Gasteiger partial charge on any atom is 0.168 e. The third kappa shape index (κ3) is 1.86. The van der Waals surface area contributed by atoms with Crippen molar-refractivity contribution in [3.8, 4) is 17.1 Å². The Balaban J connectivity index is 2.15. The normalized spacial score (nSPS) is 10.8. The quantitative estimate of drug-likeness (QED) is 0.730. The average Bonchev–Trinajstić information content (AvgIpc) is 2.82. The summed E-state index contributed by atoms with van der Waals surface area (Å²) in [5.74, 6) is 1.64. The lowest BCUT2D eigenvalue weighted by Gasteiger charge is -2.02. The van der Waals surface area contributed by atoms with Gasteiger partial charge in [-0.1, -0.05) is 0 Å². The Hall–Kier alpha value is -1.88. The van der Waals surface area contributed by atoms with E-state index in [0.717, 1.165) is 27.3 Å². The number of rotatable bonds is 2. The highest BCUT2D eigenvalue weighted by Gasteiger charge is 2.08. The third-order valence-electron chi connectivity index (χ3n) is 2.71. The molecule has 0 atom stereocenters. The molecule has 5 heteroatoms. The zero-order chi connectivity index (χ0) is 12.5. The summed E-state index contributed by atoms with van der Waals surface area (Å²) >= 11 is 3.45. The Morgan fingerprint density at radius 1 is 1.06 bits per heavy atom. The van der Waals surface area contributed by atoms with Crippen LogP contribution in [-0.4, -0.2) is 21.7 Å². The summed E-state index contributed by atoms with van der Waals surface area (Å²) in [5.41, 5.74) is 1.82. The van der Waals surface area contributed by atoms with Gasteiger partial charge < -0.3 is 4.74 Å². The Bertz CT molecular complexity index is 691. The van der Waals surface area contributed by atoms with Gasteiger partial charge in [0, 0.05) is 16.2 Å². The Labute approximate surface area is 112 Å². The molecule has 0 N–H and O–H groups in total. The van der Waals surface area contributed by atoms with Gasteiger partial charge in [-0.3, -0.25) is 4.40 Å². The van der Waals surface area contributed by atoms with Crippen LogP contribution in [0.2, 0.25) is 0 Å². The summed E-state index contributed by atoms with van der Waals surface area (Å²) in [6, 6.07) is 11.6. The smallest absolute Gasteiger partial charge is 0.168 e. The first-order valence-corrected chi connectivity index (χ1v) is 6.22. The second kappa shape index (κ2) is 4.42. The van der Waals surface area contributed by atoms with Crippen molar-refractivity contribution >= 4 is 21.6 Å². The fourth-order valence-corrected chi connectivity index (χ4v) is 2.14. The lowest BCUT2D eigenvalue weighted by Crippen LogP contribution is -1.89. The molecule has 0 unspecified atom stereocenters. The van der Waals surface area contributed by atoms with E-state index in [0.29, 0.717) is 0 Å². The molecule has 0 fully saturated rings. The Kier molecular flexibility index (Phi) is 2.76. The van der Waals surface area contributed by atoms with Crippen LogP contribution in [0.1, 0.15) is 0 Å². The molecule has 0 aliphatic carbocycles. The molecule has 0 aliphatic rings. The standard InChI is InChI=1S/C13H10BrN3O/c1-18-11-5-2-9(3-6-11)13-16-15-12-7-4-10(14)8-17(12)13/h2-8H,1H3. The molecule has 18 heavy (non-hydrogen) atoms. The average molecular weight is 304 g/mol. The van der Waals surface area contributed by atoms with E-state index in [9.17, 15) is 0 Å². The maximum absolute atomic E-state index is 5.14. The predicted octanol–water partition coefficient (Wildman–Crippen LogP) is 3.17. The molecule has 2 aromatic heterocycles. The zero-order valence-electron chi connectivity index (χ0n) is 9.67. The number of pyridine rings is 1. The second-order valence-electron chi connectivity index (χ2n) is 3.83. The number of nitrogens with zero attached hydrogens (tertiary/aromatic N) is 3. The number of aromatic nitrogens is 3. The first kappa shape index (κ1) is 11.2. The van der Waals surface area contributed by atoms with Crippen LogP contribution in [-0.2, 0) is 0 Å². The van der Waals surface area contributed by atoms with E-state index in [1.807, 2.05) is 47.0 Å². The first-order chi connectivity index (χ1) is 8.78. The molecule has 0 saturated carbocycles. The van der Waals surface area contributed by atoms with Gasteiger partial charge in [-0.25, -0.2) is 0 Å². The molecule has 0 spiro atoms. The molecule has 0 saturated heterocycles. The van der Waals surface area contributed by atoms with E-state index in [-0.39, 0.29) is 0 Å². The van der Waals surface area contributed by atoms with E-state index in [4.69, 9.17) is 4.74 Å². The molecule has 0 bridgehead atoms. The summed E-state index contributed by atoms with van der Waals surface area (Å²) in [6.07, 6.45) is 1.95. The van der Waals surface area contributed by atoms with E-state index < -0.39 is 0 Å². The summed E-state index contributed by atoms with van der Waals surface area (Å²) < 4.78 is 8.08. The highest BCUT2D eigenvalue weighted by Crippen LogP contribution is 2.22. The minimum Gasteiger partial charge on any atom is -0.497 e. The van der Waals surface area contributed by atoms with Crippen LogP contribution >= 0.6 is 15.9 Å². The van der Waals surface area contributed by atoms with Gasteiger partial charge in [-0.05, 0) is 52.3 Å². The molecule has 1 aromatic carbocycles. The summed E-state index contributed by atoms with van der Waals surface area (Å²) in [4.78, 5) is 0. The van der Waals surface area contributed by atoms with Gasteiger partial charge in [-0.15, -0.1) is 10.2 Å². The van der Waals surface area contributed by atoms with Gasteiger partial charge in [0.1, 0.15) is 5.75 Å². The lowest BCUT2D eigenvalue weighted by molar-refractivity contribution is 0.415. The van der Waals surface area contributed by atoms with E-state index in [1.165, 1.54) is 0 Å². The van der Waals surface area contributed by atoms with Crippen molar-refractivity contribution in [1.29, 1.82) is 0 Å². The van der Waals surface area contributed by atoms with Crippen molar-refractivity contribution in [3.63, 3.8) is 0 Å². The fourth-order valence-electron chi connectivity index (χ4n) is 1.80. The van der Waals surface area contributed by atoms with Crippen molar-refractivity contribution < 1.29 is 4.74 Å². The van der Waals surface area contributed by atoms with Gasteiger partial charge in [-0.2, -0.15) is 0 Å². The topological polar surface area (TPSA) is 39.4 Å². The van der Waals surface area contributed by atoms with Crippen molar-refractivity contribution in [2.45, 2.75) is 0 Å². The molecule has 0 aliphatic heterocycles. The van der Waals surface area contributed by atoms with Gasteiger partial charge in [0.25, 0.3) is 0 Å². The van der Waals surface area contributed by atoms with Crippen LogP contribution in [0.4, 0.5) is 0 Å². The second-order valence-corrected chi connectivity index (χ2v) is 4.74. The molecular formula is C13H10BrN3O. The van der Waals surface area contributed by atoms with Gasteiger partial charge >= 0.3 is 0 Å². The van der Waals surface area contributed by atoms with E-state index in [1.54, 1.807) is 7.11 Å². The van der Waals surface area contributed by atoms with Crippen LogP contribution < -0.4 is 4.74 Å². The minimum atomic E-state index is 0.814. The van der Waals surface area contributed by atoms with Crippen LogP contribution in [0.25, 0.3) is 17.0 Å². The van der Waals surface area contributed by atoms with Crippen LogP contribution in [0, 0.1) is 0 Å². The van der Waals surface area contributed by atoms with Crippen molar-refractivity contribution in [2.24, 2.45) is 0 Å². The lowest BCUT2D eigenvalue weighted by atomic mass is 10.2. The minimum absolute atomic E-state index is 0.814.